The highest BCUT2D eigenvalue weighted by molar-refractivity contribution is 6.34. The fourth-order valence-corrected chi connectivity index (χ4v) is 5.95. The normalized spacial score (nSPS) is 13.8. The third-order valence-corrected chi connectivity index (χ3v) is 7.16. The van der Waals surface area contributed by atoms with Crippen molar-refractivity contribution in [2.24, 2.45) is 0 Å². The van der Waals surface area contributed by atoms with E-state index in [0.717, 1.165) is 5.46 Å². The fourth-order valence-electron chi connectivity index (χ4n) is 5.95. The van der Waals surface area contributed by atoms with Crippen molar-refractivity contribution in [1.82, 2.24) is 4.57 Å². The Morgan fingerprint density at radius 3 is 1.88 bits per heavy atom. The van der Waals surface area contributed by atoms with Crippen molar-refractivity contribution in [2.75, 3.05) is 0 Å². The van der Waals surface area contributed by atoms with Crippen LogP contribution in [0.4, 0.5) is 0 Å². The van der Waals surface area contributed by atoms with Crippen LogP contribution in [0.3, 0.4) is 0 Å². The lowest BCUT2D eigenvalue weighted by atomic mass is 9.62. The van der Waals surface area contributed by atoms with Gasteiger partial charge in [0, 0.05) is 10.8 Å². The van der Waals surface area contributed by atoms with E-state index in [4.69, 9.17) is 7.85 Å². The van der Waals surface area contributed by atoms with Gasteiger partial charge in [0.15, 0.2) is 0 Å². The second-order valence-electron chi connectivity index (χ2n) is 8.82. The summed E-state index contributed by atoms with van der Waals surface area (Å²) >= 11 is 0. The molecule has 0 unspecified atom stereocenters. The Kier molecular flexibility index (Phi) is 3.78. The van der Waals surface area contributed by atoms with Gasteiger partial charge in [-0.25, -0.2) is 0 Å². The van der Waals surface area contributed by atoms with E-state index in [2.05, 4.69) is 126 Å². The van der Waals surface area contributed by atoms with E-state index in [9.17, 15) is 0 Å². The van der Waals surface area contributed by atoms with E-state index in [0.29, 0.717) is 0 Å². The van der Waals surface area contributed by atoms with Gasteiger partial charge < -0.3 is 4.57 Å². The number of fused-ring (bicyclic) bond motifs is 5. The van der Waals surface area contributed by atoms with E-state index in [-0.39, 0.29) is 0 Å². The average molecular weight is 417 g/mol. The van der Waals surface area contributed by atoms with Gasteiger partial charge in [0.1, 0.15) is 7.85 Å². The number of hydrogen-bond acceptors (Lipinski definition) is 0. The summed E-state index contributed by atoms with van der Waals surface area (Å²) in [7, 11) is 6.61. The van der Waals surface area contributed by atoms with Crippen molar-refractivity contribution >= 4 is 35.1 Å². The van der Waals surface area contributed by atoms with Gasteiger partial charge in [-0.05, 0) is 34.4 Å². The maximum atomic E-state index is 6.61. The molecule has 2 radical (unpaired) electrons. The Bertz CT molecular complexity index is 1620. The number of hydrogen-bond donors (Lipinski definition) is 0. The van der Waals surface area contributed by atoms with Crippen molar-refractivity contribution in [3.05, 3.63) is 144 Å². The number of nitrogens with zero attached hydrogens (tertiary/aromatic N) is 1. The quantitative estimate of drug-likeness (QED) is 0.292. The first kappa shape index (κ1) is 18.5. The molecule has 6 aromatic rings. The van der Waals surface area contributed by atoms with Crippen molar-refractivity contribution in [1.29, 1.82) is 0 Å². The van der Waals surface area contributed by atoms with Gasteiger partial charge in [-0.2, -0.15) is 0 Å². The fraction of sp³-hybridized carbons (Fsp3) is 0.0323. The smallest absolute Gasteiger partial charge is 0.113 e. The summed E-state index contributed by atoms with van der Waals surface area (Å²) in [5.41, 5.74) is 8.95. The molecule has 1 aliphatic heterocycles. The lowest BCUT2D eigenvalue weighted by molar-refractivity contribution is 0.728. The van der Waals surface area contributed by atoms with Gasteiger partial charge in [-0.15, -0.1) is 0 Å². The molecule has 7 rings (SSSR count). The van der Waals surface area contributed by atoms with Crippen LogP contribution in [0.2, 0.25) is 0 Å². The molecule has 2 heterocycles. The second kappa shape index (κ2) is 6.73. The zero-order valence-electron chi connectivity index (χ0n) is 18.1. The highest BCUT2D eigenvalue weighted by atomic mass is 15.0. The Hall–Kier alpha value is -4.04. The van der Waals surface area contributed by atoms with Crippen molar-refractivity contribution in [3.63, 3.8) is 0 Å². The Morgan fingerprint density at radius 1 is 0.545 bits per heavy atom. The standard InChI is InChI=1S/C31H20BN/c32-23-19-25-24-15-7-9-17-28(24)33-29-18-10-8-16-26(29)31(27(20-23)30(25)33,21-11-3-1-4-12-21)22-13-5-2-6-14-22/h1-20H. The van der Waals surface area contributed by atoms with E-state index >= 15 is 0 Å². The third kappa shape index (κ3) is 2.33. The first-order valence-electron chi connectivity index (χ1n) is 11.3. The van der Waals surface area contributed by atoms with Gasteiger partial charge in [0.2, 0.25) is 0 Å². The maximum Gasteiger partial charge on any atom is 0.113 e. The summed E-state index contributed by atoms with van der Waals surface area (Å²) in [6.45, 7) is 0. The average Bonchev–Trinajstić information content (AvgIpc) is 3.21. The van der Waals surface area contributed by atoms with Crippen molar-refractivity contribution in [3.8, 4) is 5.69 Å². The molecule has 0 aliphatic carbocycles. The summed E-state index contributed by atoms with van der Waals surface area (Å²) in [5.74, 6) is 0. The zero-order valence-corrected chi connectivity index (χ0v) is 18.1. The van der Waals surface area contributed by atoms with Crippen LogP contribution in [0, 0.1) is 0 Å². The number of benzene rings is 5. The van der Waals surface area contributed by atoms with Gasteiger partial charge in [0.25, 0.3) is 0 Å². The number of para-hydroxylation sites is 2. The minimum atomic E-state index is -0.475. The Labute approximate surface area is 194 Å². The maximum absolute atomic E-state index is 6.61. The largest absolute Gasteiger partial charge is 0.309 e. The van der Waals surface area contributed by atoms with Crippen LogP contribution in [0.25, 0.3) is 27.5 Å². The SMILES string of the molecule is [B]c1cc2c3c(c1)c1ccccc1n3-c1ccccc1C2(c1ccccc1)c1ccccc1. The highest BCUT2D eigenvalue weighted by Gasteiger charge is 2.45. The highest BCUT2D eigenvalue weighted by Crippen LogP contribution is 2.53. The molecular weight excluding hydrogens is 397 g/mol. The molecular formula is C31H20BN. The zero-order chi connectivity index (χ0) is 22.0. The summed E-state index contributed by atoms with van der Waals surface area (Å²) in [6, 6.07) is 43.5. The number of aromatic nitrogens is 1. The molecule has 0 atom stereocenters. The van der Waals surface area contributed by atoms with Gasteiger partial charge in [0.05, 0.1) is 22.1 Å². The molecule has 0 saturated heterocycles. The molecule has 2 heteroatoms. The van der Waals surface area contributed by atoms with E-state index in [1.165, 1.54) is 49.7 Å². The minimum absolute atomic E-state index is 0.475. The lowest BCUT2D eigenvalue weighted by Crippen LogP contribution is -2.36. The van der Waals surface area contributed by atoms with Crippen LogP contribution in [-0.2, 0) is 5.41 Å². The predicted octanol–water partition coefficient (Wildman–Crippen LogP) is 6.27. The first-order chi connectivity index (χ1) is 16.3. The monoisotopic (exact) mass is 417 g/mol. The minimum Gasteiger partial charge on any atom is -0.309 e. The van der Waals surface area contributed by atoms with Gasteiger partial charge >= 0.3 is 0 Å². The first-order valence-corrected chi connectivity index (χ1v) is 11.3. The summed E-state index contributed by atoms with van der Waals surface area (Å²) in [6.07, 6.45) is 0. The van der Waals surface area contributed by atoms with Crippen molar-refractivity contribution in [2.45, 2.75) is 5.41 Å². The molecule has 152 valence electrons. The van der Waals surface area contributed by atoms with Gasteiger partial charge in [-0.3, -0.25) is 0 Å². The van der Waals surface area contributed by atoms with Crippen LogP contribution in [-0.4, -0.2) is 12.4 Å². The predicted molar refractivity (Wildman–Crippen MR) is 138 cm³/mol. The summed E-state index contributed by atoms with van der Waals surface area (Å²) in [5, 5.41) is 2.43. The van der Waals surface area contributed by atoms with E-state index < -0.39 is 5.41 Å². The van der Waals surface area contributed by atoms with Crippen LogP contribution in [0.5, 0.6) is 0 Å². The van der Waals surface area contributed by atoms with Crippen LogP contribution >= 0.6 is 0 Å². The summed E-state index contributed by atoms with van der Waals surface area (Å²) < 4.78 is 2.43. The Morgan fingerprint density at radius 2 is 1.15 bits per heavy atom. The third-order valence-electron chi connectivity index (χ3n) is 7.16. The van der Waals surface area contributed by atoms with Crippen LogP contribution in [0.1, 0.15) is 22.3 Å². The molecule has 0 saturated carbocycles. The number of rotatable bonds is 2. The molecule has 0 spiro atoms. The topological polar surface area (TPSA) is 4.93 Å². The van der Waals surface area contributed by atoms with Crippen molar-refractivity contribution < 1.29 is 0 Å². The second-order valence-corrected chi connectivity index (χ2v) is 8.82. The van der Waals surface area contributed by atoms with Gasteiger partial charge in [-0.1, -0.05) is 115 Å². The summed E-state index contributed by atoms with van der Waals surface area (Å²) in [4.78, 5) is 0. The molecule has 1 aliphatic rings. The molecule has 1 nitrogen and oxygen atoms in total. The Balaban J connectivity index is 1.81. The van der Waals surface area contributed by atoms with E-state index in [1.54, 1.807) is 0 Å². The molecule has 0 bridgehead atoms. The molecule has 5 aromatic carbocycles. The molecule has 0 fully saturated rings. The van der Waals surface area contributed by atoms with E-state index in [1.807, 2.05) is 0 Å². The molecule has 0 amide bonds. The lowest BCUT2D eigenvalue weighted by Gasteiger charge is -2.42. The molecule has 0 N–H and O–H groups in total. The molecule has 33 heavy (non-hydrogen) atoms. The molecule has 1 aromatic heterocycles. The van der Waals surface area contributed by atoms with Crippen LogP contribution in [0.15, 0.2) is 121 Å². The van der Waals surface area contributed by atoms with Crippen LogP contribution < -0.4 is 5.46 Å².